The molecule has 0 amide bonds. The summed E-state index contributed by atoms with van der Waals surface area (Å²) in [7, 11) is 1.39. The van der Waals surface area contributed by atoms with Crippen LogP contribution in [-0.2, 0) is 9.53 Å². The molecule has 6 nitrogen and oxygen atoms in total. The molecule has 3 rings (SSSR count). The molecule has 7 heteroatoms. The zero-order valence-electron chi connectivity index (χ0n) is 11.7. The Hall–Kier alpha value is -2.15. The second-order valence-electron chi connectivity index (χ2n) is 4.48. The van der Waals surface area contributed by atoms with Gasteiger partial charge in [0.1, 0.15) is 5.82 Å². The van der Waals surface area contributed by atoms with Crippen LogP contribution in [0.3, 0.4) is 0 Å². The molecule has 0 aliphatic heterocycles. The fourth-order valence-electron chi connectivity index (χ4n) is 2.05. The van der Waals surface area contributed by atoms with Gasteiger partial charge < -0.3 is 4.74 Å². The van der Waals surface area contributed by atoms with Crippen LogP contribution in [0.4, 0.5) is 0 Å². The second kappa shape index (κ2) is 5.69. The number of methoxy groups -OCH3 is 1. The number of aromatic nitrogens is 4. The number of aryl methyl sites for hydroxylation is 1. The third-order valence-corrected chi connectivity index (χ3v) is 3.95. The number of rotatable bonds is 4. The molecule has 21 heavy (non-hydrogen) atoms. The Balaban J connectivity index is 2.01. The molecule has 0 bridgehead atoms. The van der Waals surface area contributed by atoms with E-state index in [9.17, 15) is 4.79 Å². The van der Waals surface area contributed by atoms with Gasteiger partial charge >= 0.3 is 5.97 Å². The summed E-state index contributed by atoms with van der Waals surface area (Å²) in [5.74, 6) is 1.06. The number of benzene rings is 1. The maximum atomic E-state index is 11.2. The van der Waals surface area contributed by atoms with E-state index in [1.165, 1.54) is 18.9 Å². The molecule has 0 spiro atoms. The van der Waals surface area contributed by atoms with Gasteiger partial charge in [-0.1, -0.05) is 23.9 Å². The molecule has 0 unspecified atom stereocenters. The summed E-state index contributed by atoms with van der Waals surface area (Å²) < 4.78 is 6.38. The molecule has 0 saturated heterocycles. The first kappa shape index (κ1) is 13.8. The molecular weight excluding hydrogens is 288 g/mol. The second-order valence-corrected chi connectivity index (χ2v) is 5.54. The molecule has 0 fully saturated rings. The number of hydrogen-bond donors (Lipinski definition) is 0. The molecule has 1 aromatic carbocycles. The SMILES string of the molecule is COC(=O)CCSc1nc2ccccc2c2nc(C)nn12. The van der Waals surface area contributed by atoms with Gasteiger partial charge in [-0.3, -0.25) is 4.79 Å². The van der Waals surface area contributed by atoms with Crippen molar-refractivity contribution in [1.82, 2.24) is 19.6 Å². The van der Waals surface area contributed by atoms with Crippen molar-refractivity contribution in [3.63, 3.8) is 0 Å². The largest absolute Gasteiger partial charge is 0.469 e. The summed E-state index contributed by atoms with van der Waals surface area (Å²) in [5.41, 5.74) is 1.66. The number of nitrogens with zero attached hydrogens (tertiary/aromatic N) is 4. The van der Waals surface area contributed by atoms with Crippen LogP contribution in [0.25, 0.3) is 16.6 Å². The lowest BCUT2D eigenvalue weighted by Crippen LogP contribution is -2.03. The average molecular weight is 302 g/mol. The van der Waals surface area contributed by atoms with E-state index in [0.29, 0.717) is 18.0 Å². The highest BCUT2D eigenvalue weighted by Gasteiger charge is 2.12. The first-order chi connectivity index (χ1) is 10.2. The molecule has 108 valence electrons. The molecule has 0 radical (unpaired) electrons. The number of ether oxygens (including phenoxy) is 1. The topological polar surface area (TPSA) is 69.4 Å². The molecule has 2 heterocycles. The number of esters is 1. The zero-order valence-corrected chi connectivity index (χ0v) is 12.6. The molecular formula is C14H14N4O2S. The summed E-state index contributed by atoms with van der Waals surface area (Å²) in [6.07, 6.45) is 0.338. The molecule has 0 aliphatic carbocycles. The van der Waals surface area contributed by atoms with Crippen LogP contribution < -0.4 is 0 Å². The summed E-state index contributed by atoms with van der Waals surface area (Å²) in [5, 5.41) is 6.08. The number of para-hydroxylation sites is 1. The maximum absolute atomic E-state index is 11.2. The van der Waals surface area contributed by atoms with E-state index in [4.69, 9.17) is 0 Å². The Kier molecular flexibility index (Phi) is 3.74. The van der Waals surface area contributed by atoms with Crippen LogP contribution in [0.15, 0.2) is 29.4 Å². The van der Waals surface area contributed by atoms with E-state index in [2.05, 4.69) is 19.8 Å². The van der Waals surface area contributed by atoms with Crippen molar-refractivity contribution in [1.29, 1.82) is 0 Å². The van der Waals surface area contributed by atoms with Gasteiger partial charge in [0.05, 0.1) is 19.0 Å². The minimum absolute atomic E-state index is 0.227. The molecule has 0 atom stereocenters. The van der Waals surface area contributed by atoms with Crippen molar-refractivity contribution in [3.8, 4) is 0 Å². The minimum atomic E-state index is -0.227. The summed E-state index contributed by atoms with van der Waals surface area (Å²) in [4.78, 5) is 20.3. The van der Waals surface area contributed by atoms with Gasteiger partial charge in [0, 0.05) is 11.1 Å². The van der Waals surface area contributed by atoms with E-state index in [1.807, 2.05) is 31.2 Å². The van der Waals surface area contributed by atoms with E-state index in [-0.39, 0.29) is 5.97 Å². The van der Waals surface area contributed by atoms with Crippen LogP contribution in [0, 0.1) is 6.92 Å². The summed E-state index contributed by atoms with van der Waals surface area (Å²) in [6.45, 7) is 1.85. The van der Waals surface area contributed by atoms with Crippen molar-refractivity contribution in [2.45, 2.75) is 18.5 Å². The number of fused-ring (bicyclic) bond motifs is 3. The van der Waals surface area contributed by atoms with E-state index >= 15 is 0 Å². The zero-order chi connectivity index (χ0) is 14.8. The van der Waals surface area contributed by atoms with Crippen LogP contribution in [0.1, 0.15) is 12.2 Å². The van der Waals surface area contributed by atoms with Crippen LogP contribution in [-0.4, -0.2) is 38.4 Å². The number of hydrogen-bond acceptors (Lipinski definition) is 6. The Morgan fingerprint density at radius 1 is 1.33 bits per heavy atom. The highest BCUT2D eigenvalue weighted by atomic mass is 32.2. The lowest BCUT2D eigenvalue weighted by molar-refractivity contribution is -0.140. The lowest BCUT2D eigenvalue weighted by atomic mass is 10.2. The fraction of sp³-hybridized carbons (Fsp3) is 0.286. The molecule has 3 aromatic rings. The molecule has 2 aromatic heterocycles. The van der Waals surface area contributed by atoms with Crippen molar-refractivity contribution in [3.05, 3.63) is 30.1 Å². The van der Waals surface area contributed by atoms with Gasteiger partial charge in [-0.2, -0.15) is 4.52 Å². The van der Waals surface area contributed by atoms with Gasteiger partial charge in [0.25, 0.3) is 0 Å². The third-order valence-electron chi connectivity index (χ3n) is 3.02. The number of carbonyl (C=O) groups excluding carboxylic acids is 1. The van der Waals surface area contributed by atoms with Crippen molar-refractivity contribution in [2.24, 2.45) is 0 Å². The van der Waals surface area contributed by atoms with Crippen LogP contribution in [0.5, 0.6) is 0 Å². The van der Waals surface area contributed by atoms with Crippen molar-refractivity contribution >= 4 is 34.3 Å². The minimum Gasteiger partial charge on any atom is -0.469 e. The first-order valence-corrected chi connectivity index (χ1v) is 7.49. The van der Waals surface area contributed by atoms with Crippen LogP contribution in [0.2, 0.25) is 0 Å². The van der Waals surface area contributed by atoms with Gasteiger partial charge in [0.15, 0.2) is 10.8 Å². The third kappa shape index (κ3) is 2.69. The van der Waals surface area contributed by atoms with Gasteiger partial charge in [-0.15, -0.1) is 5.10 Å². The normalized spacial score (nSPS) is 11.1. The van der Waals surface area contributed by atoms with Gasteiger partial charge in [-0.05, 0) is 19.1 Å². The average Bonchev–Trinajstić information content (AvgIpc) is 2.89. The quantitative estimate of drug-likeness (QED) is 0.418. The Morgan fingerprint density at radius 2 is 2.14 bits per heavy atom. The van der Waals surface area contributed by atoms with E-state index < -0.39 is 0 Å². The van der Waals surface area contributed by atoms with E-state index in [1.54, 1.807) is 4.52 Å². The summed E-state index contributed by atoms with van der Waals surface area (Å²) >= 11 is 1.47. The van der Waals surface area contributed by atoms with Gasteiger partial charge in [-0.25, -0.2) is 9.97 Å². The Labute approximate surface area is 125 Å². The molecule has 0 aliphatic rings. The highest BCUT2D eigenvalue weighted by molar-refractivity contribution is 7.99. The lowest BCUT2D eigenvalue weighted by Gasteiger charge is -2.05. The van der Waals surface area contributed by atoms with Crippen molar-refractivity contribution < 1.29 is 9.53 Å². The molecule has 0 saturated carbocycles. The van der Waals surface area contributed by atoms with Crippen LogP contribution >= 0.6 is 11.8 Å². The highest BCUT2D eigenvalue weighted by Crippen LogP contribution is 2.24. The monoisotopic (exact) mass is 302 g/mol. The number of carbonyl (C=O) groups is 1. The Bertz CT molecular complexity index is 815. The van der Waals surface area contributed by atoms with E-state index in [0.717, 1.165) is 21.7 Å². The number of thioether (sulfide) groups is 1. The maximum Gasteiger partial charge on any atom is 0.306 e. The summed E-state index contributed by atoms with van der Waals surface area (Å²) in [6, 6.07) is 7.83. The fourth-order valence-corrected chi connectivity index (χ4v) is 2.92. The molecule has 0 N–H and O–H groups in total. The smallest absolute Gasteiger partial charge is 0.306 e. The van der Waals surface area contributed by atoms with Crippen molar-refractivity contribution in [2.75, 3.05) is 12.9 Å². The Morgan fingerprint density at radius 3 is 2.95 bits per heavy atom. The standard InChI is InChI=1S/C14H14N4O2S/c1-9-15-13-10-5-3-4-6-11(10)16-14(18(13)17-9)21-8-7-12(19)20-2/h3-6H,7-8H2,1-2H3. The first-order valence-electron chi connectivity index (χ1n) is 6.51. The van der Waals surface area contributed by atoms with Gasteiger partial charge in [0.2, 0.25) is 0 Å². The predicted molar refractivity (Wildman–Crippen MR) is 80.4 cm³/mol. The predicted octanol–water partition coefficient (Wildman–Crippen LogP) is 2.24.